The van der Waals surface area contributed by atoms with Gasteiger partial charge in [0.25, 0.3) is 5.91 Å². The molecule has 0 aliphatic carbocycles. The van der Waals surface area contributed by atoms with Crippen molar-refractivity contribution in [3.05, 3.63) is 53.7 Å². The number of sulfonamides is 1. The molecule has 31 heavy (non-hydrogen) atoms. The average Bonchev–Trinajstić information content (AvgIpc) is 2.77. The van der Waals surface area contributed by atoms with Gasteiger partial charge in [0.15, 0.2) is 0 Å². The van der Waals surface area contributed by atoms with Crippen molar-refractivity contribution in [2.24, 2.45) is 0 Å². The van der Waals surface area contributed by atoms with Gasteiger partial charge in [-0.2, -0.15) is 4.31 Å². The maximum Gasteiger partial charge on any atom is 0.253 e. The first-order valence-corrected chi connectivity index (χ1v) is 11.9. The monoisotopic (exact) mass is 445 g/mol. The highest BCUT2D eigenvalue weighted by Gasteiger charge is 2.27. The number of carbonyl (C=O) groups is 1. The normalized spacial score (nSPS) is 15.8. The topological polar surface area (TPSA) is 85.8 Å². The fraction of sp³-hybridized carbons (Fsp3) is 0.455. The maximum atomic E-state index is 12.8. The number of amides is 1. The predicted octanol–water partition coefficient (Wildman–Crippen LogP) is 2.11. The number of hydrogen-bond donors (Lipinski definition) is 1. The van der Waals surface area contributed by atoms with E-state index in [2.05, 4.69) is 15.2 Å². The van der Waals surface area contributed by atoms with Gasteiger partial charge in [-0.1, -0.05) is 12.1 Å². The van der Waals surface area contributed by atoms with E-state index in [1.54, 1.807) is 24.1 Å². The lowest BCUT2D eigenvalue weighted by Crippen LogP contribution is -2.47. The Morgan fingerprint density at radius 1 is 1.10 bits per heavy atom. The molecule has 1 aromatic carbocycles. The molecule has 1 aliphatic rings. The summed E-state index contributed by atoms with van der Waals surface area (Å²) in [6.07, 6.45) is 1.40. The van der Waals surface area contributed by atoms with E-state index >= 15 is 0 Å². The summed E-state index contributed by atoms with van der Waals surface area (Å²) in [6.45, 7) is 6.91. The molecule has 8 nitrogen and oxygen atoms in total. The largest absolute Gasteiger partial charge is 0.366 e. The molecule has 2 heterocycles. The molecule has 1 amide bonds. The van der Waals surface area contributed by atoms with E-state index in [1.165, 1.54) is 10.5 Å². The molecule has 0 radical (unpaired) electrons. The highest BCUT2D eigenvalue weighted by atomic mass is 32.2. The first kappa shape index (κ1) is 23.2. The number of carbonyl (C=O) groups excluding carboxylic acids is 1. The molecule has 1 aliphatic heterocycles. The Bertz CT molecular complexity index is 983. The highest BCUT2D eigenvalue weighted by molar-refractivity contribution is 7.89. The lowest BCUT2D eigenvalue weighted by molar-refractivity contribution is 0.0755. The van der Waals surface area contributed by atoms with Crippen LogP contribution in [0, 0.1) is 0 Å². The van der Waals surface area contributed by atoms with Crippen molar-refractivity contribution in [2.75, 3.05) is 45.6 Å². The number of pyridine rings is 1. The van der Waals surface area contributed by atoms with Crippen LogP contribution in [0.25, 0.3) is 0 Å². The number of anilines is 1. The van der Waals surface area contributed by atoms with Crippen molar-refractivity contribution in [3.8, 4) is 0 Å². The number of nitrogens with zero attached hydrogens (tertiary/aromatic N) is 4. The van der Waals surface area contributed by atoms with Gasteiger partial charge in [0.1, 0.15) is 10.7 Å². The Morgan fingerprint density at radius 3 is 2.29 bits per heavy atom. The van der Waals surface area contributed by atoms with E-state index in [0.29, 0.717) is 31.0 Å². The molecule has 3 rings (SSSR count). The number of hydrogen-bond acceptors (Lipinski definition) is 6. The van der Waals surface area contributed by atoms with Gasteiger partial charge in [0.05, 0.1) is 0 Å². The number of piperazine rings is 1. The van der Waals surface area contributed by atoms with Gasteiger partial charge in [-0.3, -0.25) is 4.79 Å². The van der Waals surface area contributed by atoms with Gasteiger partial charge in [-0.05, 0) is 50.7 Å². The molecular weight excluding hydrogens is 414 g/mol. The molecule has 1 fully saturated rings. The van der Waals surface area contributed by atoms with Crippen LogP contribution in [0.2, 0.25) is 0 Å². The van der Waals surface area contributed by atoms with E-state index in [-0.39, 0.29) is 16.8 Å². The quantitative estimate of drug-likeness (QED) is 0.703. The van der Waals surface area contributed by atoms with E-state index < -0.39 is 10.0 Å². The number of rotatable bonds is 7. The van der Waals surface area contributed by atoms with Crippen LogP contribution in [0.5, 0.6) is 0 Å². The molecule has 1 N–H and O–H groups in total. The molecule has 168 valence electrons. The molecular formula is C22H31N5O3S. The Labute approximate surface area is 184 Å². The fourth-order valence-corrected chi connectivity index (χ4v) is 4.58. The lowest BCUT2D eigenvalue weighted by Gasteiger charge is -2.31. The summed E-state index contributed by atoms with van der Waals surface area (Å²) in [6, 6.07) is 10.9. The zero-order valence-electron chi connectivity index (χ0n) is 18.6. The second-order valence-electron chi connectivity index (χ2n) is 8.15. The first-order chi connectivity index (χ1) is 14.7. The van der Waals surface area contributed by atoms with Crippen LogP contribution in [0.4, 0.5) is 5.82 Å². The second kappa shape index (κ2) is 9.76. The molecule has 2 aromatic rings. The van der Waals surface area contributed by atoms with Gasteiger partial charge in [0, 0.05) is 57.6 Å². The third-order valence-electron chi connectivity index (χ3n) is 5.61. The third kappa shape index (κ3) is 5.61. The van der Waals surface area contributed by atoms with Crippen molar-refractivity contribution in [2.45, 2.75) is 31.3 Å². The number of aromatic nitrogens is 1. The van der Waals surface area contributed by atoms with Crippen LogP contribution < -0.4 is 5.32 Å². The van der Waals surface area contributed by atoms with Crippen molar-refractivity contribution in [1.29, 1.82) is 0 Å². The predicted molar refractivity (Wildman–Crippen MR) is 121 cm³/mol. The Kier molecular flexibility index (Phi) is 7.30. The Balaban J connectivity index is 1.59. The first-order valence-electron chi connectivity index (χ1n) is 10.4. The summed E-state index contributed by atoms with van der Waals surface area (Å²) in [5.41, 5.74) is 1.65. The van der Waals surface area contributed by atoms with E-state index in [1.807, 2.05) is 45.2 Å². The molecule has 1 aromatic heterocycles. The minimum atomic E-state index is -3.52. The van der Waals surface area contributed by atoms with Crippen molar-refractivity contribution >= 4 is 21.7 Å². The minimum Gasteiger partial charge on any atom is -0.366 e. The molecule has 0 atom stereocenters. The maximum absolute atomic E-state index is 12.8. The third-order valence-corrected chi connectivity index (χ3v) is 7.49. The lowest BCUT2D eigenvalue weighted by atomic mass is 10.1. The number of likely N-dealkylation sites (N-methyl/N-ethyl adjacent to an activating group) is 1. The molecule has 0 bridgehead atoms. The van der Waals surface area contributed by atoms with Crippen LogP contribution in [-0.2, 0) is 16.6 Å². The van der Waals surface area contributed by atoms with Gasteiger partial charge in [-0.25, -0.2) is 13.4 Å². The summed E-state index contributed by atoms with van der Waals surface area (Å²) < 4.78 is 27.1. The second-order valence-corrected chi connectivity index (χ2v) is 10.1. The van der Waals surface area contributed by atoms with Gasteiger partial charge >= 0.3 is 0 Å². The minimum absolute atomic E-state index is 0.00618. The summed E-state index contributed by atoms with van der Waals surface area (Å²) in [7, 11) is 0.266. The zero-order valence-corrected chi connectivity index (χ0v) is 19.4. The number of benzene rings is 1. The molecule has 9 heteroatoms. The summed E-state index contributed by atoms with van der Waals surface area (Å²) >= 11 is 0. The zero-order chi connectivity index (χ0) is 22.6. The molecule has 0 spiro atoms. The molecule has 0 unspecified atom stereocenters. The average molecular weight is 446 g/mol. The summed E-state index contributed by atoms with van der Waals surface area (Å²) in [5.74, 6) is 0.588. The SMILES string of the molecule is CC(C)N(C)C(=O)c1ccc(CNc2ccc(S(=O)(=O)N3CCN(C)CC3)cn2)cc1. The van der Waals surface area contributed by atoms with Crippen LogP contribution in [0.3, 0.4) is 0 Å². The van der Waals surface area contributed by atoms with Crippen LogP contribution in [0.15, 0.2) is 47.5 Å². The van der Waals surface area contributed by atoms with E-state index in [0.717, 1.165) is 18.7 Å². The van der Waals surface area contributed by atoms with E-state index in [4.69, 9.17) is 0 Å². The standard InChI is InChI=1S/C22H31N5O3S/c1-17(2)26(4)22(28)19-7-5-18(6-8-19)15-23-21-10-9-20(16-24-21)31(29,30)27-13-11-25(3)12-14-27/h5-10,16-17H,11-15H2,1-4H3,(H,23,24). The highest BCUT2D eigenvalue weighted by Crippen LogP contribution is 2.18. The Hall–Kier alpha value is -2.49. The van der Waals surface area contributed by atoms with E-state index in [9.17, 15) is 13.2 Å². The van der Waals surface area contributed by atoms with Crippen LogP contribution in [-0.4, -0.2) is 79.7 Å². The van der Waals surface area contributed by atoms with Gasteiger partial charge in [-0.15, -0.1) is 0 Å². The van der Waals surface area contributed by atoms with Crippen molar-refractivity contribution in [1.82, 2.24) is 19.1 Å². The summed E-state index contributed by atoms with van der Waals surface area (Å²) in [5, 5.41) is 3.19. The fourth-order valence-electron chi connectivity index (χ4n) is 3.21. The van der Waals surface area contributed by atoms with Crippen molar-refractivity contribution < 1.29 is 13.2 Å². The van der Waals surface area contributed by atoms with Gasteiger partial charge in [0.2, 0.25) is 10.0 Å². The molecule has 1 saturated heterocycles. The Morgan fingerprint density at radius 2 is 1.74 bits per heavy atom. The van der Waals surface area contributed by atoms with Crippen molar-refractivity contribution in [3.63, 3.8) is 0 Å². The number of nitrogens with one attached hydrogen (secondary N) is 1. The summed E-state index contributed by atoms with van der Waals surface area (Å²) in [4.78, 5) is 20.7. The molecule has 0 saturated carbocycles. The smallest absolute Gasteiger partial charge is 0.253 e. The van der Waals surface area contributed by atoms with Crippen LogP contribution in [0.1, 0.15) is 29.8 Å². The van der Waals surface area contributed by atoms with Gasteiger partial charge < -0.3 is 15.1 Å². The van der Waals surface area contributed by atoms with Crippen LogP contribution >= 0.6 is 0 Å².